The molecule has 2 heterocycles. The summed E-state index contributed by atoms with van der Waals surface area (Å²) in [7, 11) is -3.23. The predicted octanol–water partition coefficient (Wildman–Crippen LogP) is 1.72. The lowest BCUT2D eigenvalue weighted by Gasteiger charge is -2.11. The predicted molar refractivity (Wildman–Crippen MR) is 87.4 cm³/mol. The SMILES string of the molecule is CS(=O)(=O)Cc1ccc(F)cc1CNc1ncnc2nccnc12. The molecule has 0 aliphatic rings. The summed E-state index contributed by atoms with van der Waals surface area (Å²) >= 11 is 0. The molecule has 0 atom stereocenters. The summed E-state index contributed by atoms with van der Waals surface area (Å²) in [6.45, 7) is 0.200. The number of fused-ring (bicyclic) bond motifs is 1. The van der Waals surface area contributed by atoms with Crippen LogP contribution in [0.3, 0.4) is 0 Å². The van der Waals surface area contributed by atoms with Gasteiger partial charge < -0.3 is 5.32 Å². The Morgan fingerprint density at radius 2 is 1.88 bits per heavy atom. The van der Waals surface area contributed by atoms with E-state index >= 15 is 0 Å². The van der Waals surface area contributed by atoms with Crippen LogP contribution in [0.15, 0.2) is 36.9 Å². The second-order valence-electron chi connectivity index (χ2n) is 5.29. The topological polar surface area (TPSA) is 97.7 Å². The van der Waals surface area contributed by atoms with Gasteiger partial charge in [0.2, 0.25) is 0 Å². The fourth-order valence-corrected chi connectivity index (χ4v) is 3.13. The summed E-state index contributed by atoms with van der Waals surface area (Å²) in [6, 6.07) is 4.03. The minimum absolute atomic E-state index is 0.158. The second-order valence-corrected chi connectivity index (χ2v) is 7.43. The molecule has 0 aliphatic carbocycles. The van der Waals surface area contributed by atoms with Crippen molar-refractivity contribution < 1.29 is 12.8 Å². The Balaban J connectivity index is 1.90. The molecule has 0 fully saturated rings. The molecule has 0 aliphatic heterocycles. The molecule has 24 heavy (non-hydrogen) atoms. The van der Waals surface area contributed by atoms with Crippen LogP contribution in [-0.4, -0.2) is 34.6 Å². The molecule has 9 heteroatoms. The molecule has 0 saturated carbocycles. The Labute approximate surface area is 137 Å². The number of benzene rings is 1. The lowest BCUT2D eigenvalue weighted by molar-refractivity contribution is 0.600. The van der Waals surface area contributed by atoms with Crippen molar-refractivity contribution in [1.82, 2.24) is 19.9 Å². The minimum Gasteiger partial charge on any atom is -0.364 e. The molecular formula is C15H14FN5O2S. The van der Waals surface area contributed by atoms with Gasteiger partial charge in [-0.1, -0.05) is 6.07 Å². The Morgan fingerprint density at radius 1 is 1.08 bits per heavy atom. The number of rotatable bonds is 5. The van der Waals surface area contributed by atoms with Gasteiger partial charge >= 0.3 is 0 Å². The zero-order chi connectivity index (χ0) is 17.2. The fourth-order valence-electron chi connectivity index (χ4n) is 2.29. The van der Waals surface area contributed by atoms with Gasteiger partial charge in [-0.25, -0.2) is 32.7 Å². The van der Waals surface area contributed by atoms with E-state index in [0.29, 0.717) is 28.1 Å². The number of hydrogen-bond donors (Lipinski definition) is 1. The van der Waals surface area contributed by atoms with Gasteiger partial charge in [0, 0.05) is 25.2 Å². The Morgan fingerprint density at radius 3 is 2.67 bits per heavy atom. The van der Waals surface area contributed by atoms with Crippen LogP contribution < -0.4 is 5.32 Å². The zero-order valence-corrected chi connectivity index (χ0v) is 13.6. The minimum atomic E-state index is -3.23. The lowest BCUT2D eigenvalue weighted by atomic mass is 10.1. The maximum absolute atomic E-state index is 13.5. The first-order valence-electron chi connectivity index (χ1n) is 7.03. The first-order valence-corrected chi connectivity index (χ1v) is 9.09. The third kappa shape index (κ3) is 3.80. The van der Waals surface area contributed by atoms with Crippen molar-refractivity contribution in [1.29, 1.82) is 0 Å². The number of aromatic nitrogens is 4. The van der Waals surface area contributed by atoms with E-state index in [2.05, 4.69) is 25.3 Å². The standard InChI is InChI=1S/C15H14FN5O2S/c1-24(22,23)8-10-2-3-12(16)6-11(10)7-19-15-13-14(20-9-21-15)18-5-4-17-13/h2-6,9H,7-8H2,1H3,(H,18,19,20,21). The molecule has 7 nitrogen and oxygen atoms in total. The van der Waals surface area contributed by atoms with Crippen molar-refractivity contribution >= 4 is 26.8 Å². The van der Waals surface area contributed by atoms with E-state index in [1.165, 1.54) is 36.9 Å². The first kappa shape index (κ1) is 16.2. The molecule has 0 unspecified atom stereocenters. The Hall–Kier alpha value is -2.68. The van der Waals surface area contributed by atoms with E-state index in [-0.39, 0.29) is 12.3 Å². The van der Waals surface area contributed by atoms with E-state index in [4.69, 9.17) is 0 Å². The van der Waals surface area contributed by atoms with E-state index in [1.807, 2.05) is 0 Å². The molecule has 0 spiro atoms. The van der Waals surface area contributed by atoms with E-state index < -0.39 is 15.7 Å². The van der Waals surface area contributed by atoms with Gasteiger partial charge in [-0.05, 0) is 23.3 Å². The molecule has 0 bridgehead atoms. The Bertz CT molecular complexity index is 989. The van der Waals surface area contributed by atoms with Crippen LogP contribution in [0, 0.1) is 5.82 Å². The summed E-state index contributed by atoms with van der Waals surface area (Å²) in [5.41, 5.74) is 2.00. The van der Waals surface area contributed by atoms with Gasteiger partial charge in [0.15, 0.2) is 21.3 Å². The number of nitrogens with one attached hydrogen (secondary N) is 1. The molecule has 0 amide bonds. The van der Waals surface area contributed by atoms with Crippen molar-refractivity contribution in [2.24, 2.45) is 0 Å². The Kier molecular flexibility index (Phi) is 4.34. The monoisotopic (exact) mass is 347 g/mol. The van der Waals surface area contributed by atoms with Crippen molar-refractivity contribution in [2.45, 2.75) is 12.3 Å². The van der Waals surface area contributed by atoms with Crippen molar-refractivity contribution in [3.05, 3.63) is 53.9 Å². The van der Waals surface area contributed by atoms with E-state index in [0.717, 1.165) is 6.26 Å². The highest BCUT2D eigenvalue weighted by Crippen LogP contribution is 2.18. The van der Waals surface area contributed by atoms with Gasteiger partial charge in [0.25, 0.3) is 0 Å². The average molecular weight is 347 g/mol. The van der Waals surface area contributed by atoms with Crippen LogP contribution in [0.5, 0.6) is 0 Å². The molecular weight excluding hydrogens is 333 g/mol. The van der Waals surface area contributed by atoms with Gasteiger partial charge in [-0.2, -0.15) is 0 Å². The van der Waals surface area contributed by atoms with Crippen molar-refractivity contribution in [3.63, 3.8) is 0 Å². The molecule has 1 aromatic carbocycles. The number of halogens is 1. The summed E-state index contributed by atoms with van der Waals surface area (Å²) in [6.07, 6.45) is 5.54. The highest BCUT2D eigenvalue weighted by atomic mass is 32.2. The summed E-state index contributed by atoms with van der Waals surface area (Å²) in [4.78, 5) is 16.4. The van der Waals surface area contributed by atoms with Gasteiger partial charge in [-0.15, -0.1) is 0 Å². The third-order valence-electron chi connectivity index (χ3n) is 3.30. The molecule has 0 radical (unpaired) electrons. The smallest absolute Gasteiger partial charge is 0.183 e. The highest BCUT2D eigenvalue weighted by molar-refractivity contribution is 7.89. The van der Waals surface area contributed by atoms with Crippen LogP contribution in [0.2, 0.25) is 0 Å². The molecule has 0 saturated heterocycles. The molecule has 3 rings (SSSR count). The summed E-state index contributed by atoms with van der Waals surface area (Å²) in [5, 5.41) is 3.04. The highest BCUT2D eigenvalue weighted by Gasteiger charge is 2.12. The average Bonchev–Trinajstić information content (AvgIpc) is 2.54. The number of anilines is 1. The fraction of sp³-hybridized carbons (Fsp3) is 0.200. The first-order chi connectivity index (χ1) is 11.4. The van der Waals surface area contributed by atoms with Crippen molar-refractivity contribution in [3.8, 4) is 0 Å². The quantitative estimate of drug-likeness (QED) is 0.750. The molecule has 2 aromatic heterocycles. The molecule has 124 valence electrons. The van der Waals surface area contributed by atoms with Gasteiger partial charge in [0.05, 0.1) is 5.75 Å². The second kappa shape index (κ2) is 6.44. The van der Waals surface area contributed by atoms with Gasteiger partial charge in [0.1, 0.15) is 17.7 Å². The number of nitrogens with zero attached hydrogens (tertiary/aromatic N) is 4. The van der Waals surface area contributed by atoms with Crippen LogP contribution in [0.4, 0.5) is 10.2 Å². The normalized spacial score (nSPS) is 11.6. The zero-order valence-electron chi connectivity index (χ0n) is 12.8. The summed E-state index contributed by atoms with van der Waals surface area (Å²) in [5.74, 6) is -0.145. The van der Waals surface area contributed by atoms with Crippen LogP contribution in [-0.2, 0) is 22.1 Å². The van der Waals surface area contributed by atoms with Crippen LogP contribution in [0.25, 0.3) is 11.2 Å². The summed E-state index contributed by atoms with van der Waals surface area (Å²) < 4.78 is 36.6. The molecule has 1 N–H and O–H groups in total. The van der Waals surface area contributed by atoms with Gasteiger partial charge in [-0.3, -0.25) is 0 Å². The maximum atomic E-state index is 13.5. The molecule has 3 aromatic rings. The number of hydrogen-bond acceptors (Lipinski definition) is 7. The lowest BCUT2D eigenvalue weighted by Crippen LogP contribution is -2.09. The van der Waals surface area contributed by atoms with Crippen LogP contribution in [0.1, 0.15) is 11.1 Å². The maximum Gasteiger partial charge on any atom is 0.183 e. The number of sulfone groups is 1. The van der Waals surface area contributed by atoms with Crippen LogP contribution >= 0.6 is 0 Å². The van der Waals surface area contributed by atoms with Crippen molar-refractivity contribution in [2.75, 3.05) is 11.6 Å². The largest absolute Gasteiger partial charge is 0.364 e. The van der Waals surface area contributed by atoms with E-state index in [9.17, 15) is 12.8 Å². The third-order valence-corrected chi connectivity index (χ3v) is 4.14. The van der Waals surface area contributed by atoms with E-state index in [1.54, 1.807) is 0 Å².